The van der Waals surface area contributed by atoms with Gasteiger partial charge in [0.15, 0.2) is 0 Å². The van der Waals surface area contributed by atoms with Crippen molar-refractivity contribution in [2.45, 2.75) is 45.9 Å². The van der Waals surface area contributed by atoms with Crippen LogP contribution in [0.4, 0.5) is 0 Å². The monoisotopic (exact) mass is 290 g/mol. The van der Waals surface area contributed by atoms with E-state index in [9.17, 15) is 0 Å². The van der Waals surface area contributed by atoms with Gasteiger partial charge in [-0.25, -0.2) is 0 Å². The molecule has 1 aliphatic heterocycles. The lowest BCUT2D eigenvalue weighted by atomic mass is 10.0. The minimum atomic E-state index is 0.545. The molecule has 0 aromatic heterocycles. The van der Waals surface area contributed by atoms with Crippen molar-refractivity contribution in [3.8, 4) is 0 Å². The number of benzene rings is 1. The standard InChI is InChI=1S/C17H30N4/c1-13(2)21(4)12-16-7-5-6-15(8-16)9-18-10-17-11-19-20-14(17)3/h5-8,13-14,17-20H,9-12H2,1-4H3. The van der Waals surface area contributed by atoms with Gasteiger partial charge in [0, 0.05) is 44.2 Å². The fraction of sp³-hybridized carbons (Fsp3) is 0.647. The minimum Gasteiger partial charge on any atom is -0.312 e. The van der Waals surface area contributed by atoms with Crippen LogP contribution < -0.4 is 16.2 Å². The molecule has 1 saturated heterocycles. The summed E-state index contributed by atoms with van der Waals surface area (Å²) in [7, 11) is 2.18. The van der Waals surface area contributed by atoms with Crippen molar-refractivity contribution in [3.05, 3.63) is 35.4 Å². The smallest absolute Gasteiger partial charge is 0.0237 e. The molecule has 3 N–H and O–H groups in total. The van der Waals surface area contributed by atoms with E-state index in [0.717, 1.165) is 26.2 Å². The molecule has 0 aliphatic carbocycles. The number of hydrogen-bond donors (Lipinski definition) is 3. The molecular formula is C17H30N4. The number of nitrogens with zero attached hydrogens (tertiary/aromatic N) is 1. The molecule has 1 aliphatic rings. The summed E-state index contributed by atoms with van der Waals surface area (Å²) in [6, 6.07) is 10.0. The first-order valence-corrected chi connectivity index (χ1v) is 8.03. The van der Waals surface area contributed by atoms with E-state index < -0.39 is 0 Å². The zero-order valence-corrected chi connectivity index (χ0v) is 13.8. The van der Waals surface area contributed by atoms with E-state index in [4.69, 9.17) is 0 Å². The van der Waals surface area contributed by atoms with Gasteiger partial charge in [0.05, 0.1) is 0 Å². The molecule has 1 aromatic carbocycles. The van der Waals surface area contributed by atoms with Crippen molar-refractivity contribution < 1.29 is 0 Å². The van der Waals surface area contributed by atoms with Crippen LogP contribution in [-0.2, 0) is 13.1 Å². The van der Waals surface area contributed by atoms with E-state index in [-0.39, 0.29) is 0 Å². The minimum absolute atomic E-state index is 0.545. The van der Waals surface area contributed by atoms with Crippen LogP contribution in [0.2, 0.25) is 0 Å². The third-order valence-electron chi connectivity index (χ3n) is 4.44. The van der Waals surface area contributed by atoms with Crippen molar-refractivity contribution >= 4 is 0 Å². The van der Waals surface area contributed by atoms with Crippen molar-refractivity contribution in [2.24, 2.45) is 5.92 Å². The molecule has 0 radical (unpaired) electrons. The van der Waals surface area contributed by atoms with Crippen LogP contribution in [0, 0.1) is 5.92 Å². The van der Waals surface area contributed by atoms with E-state index in [0.29, 0.717) is 18.0 Å². The summed E-state index contributed by atoms with van der Waals surface area (Å²) in [6.07, 6.45) is 0. The Morgan fingerprint density at radius 1 is 1.33 bits per heavy atom. The van der Waals surface area contributed by atoms with E-state index in [1.807, 2.05) is 0 Å². The summed E-state index contributed by atoms with van der Waals surface area (Å²) in [4.78, 5) is 2.37. The zero-order valence-electron chi connectivity index (χ0n) is 13.8. The van der Waals surface area contributed by atoms with E-state index >= 15 is 0 Å². The predicted molar refractivity (Wildman–Crippen MR) is 88.8 cm³/mol. The summed E-state index contributed by atoms with van der Waals surface area (Å²) in [5.41, 5.74) is 9.24. The maximum Gasteiger partial charge on any atom is 0.0237 e. The Morgan fingerprint density at radius 3 is 2.76 bits per heavy atom. The molecule has 1 aromatic rings. The number of nitrogens with one attached hydrogen (secondary N) is 3. The largest absolute Gasteiger partial charge is 0.312 e. The van der Waals surface area contributed by atoms with Gasteiger partial charge in [-0.05, 0) is 38.9 Å². The van der Waals surface area contributed by atoms with Gasteiger partial charge in [-0.2, -0.15) is 0 Å². The van der Waals surface area contributed by atoms with Crippen molar-refractivity contribution in [1.29, 1.82) is 0 Å². The van der Waals surface area contributed by atoms with Gasteiger partial charge < -0.3 is 5.32 Å². The number of hydrogen-bond acceptors (Lipinski definition) is 4. The second-order valence-corrected chi connectivity index (χ2v) is 6.53. The highest BCUT2D eigenvalue weighted by atomic mass is 15.4. The Balaban J connectivity index is 1.80. The average molecular weight is 290 g/mol. The van der Waals surface area contributed by atoms with Crippen LogP contribution in [-0.4, -0.2) is 37.1 Å². The van der Waals surface area contributed by atoms with Crippen molar-refractivity contribution in [3.63, 3.8) is 0 Å². The molecule has 0 amide bonds. The molecule has 118 valence electrons. The zero-order chi connectivity index (χ0) is 15.2. The van der Waals surface area contributed by atoms with Crippen molar-refractivity contribution in [2.75, 3.05) is 20.1 Å². The summed E-state index contributed by atoms with van der Waals surface area (Å²) < 4.78 is 0. The third-order valence-corrected chi connectivity index (χ3v) is 4.44. The van der Waals surface area contributed by atoms with Gasteiger partial charge in [-0.15, -0.1) is 0 Å². The lowest BCUT2D eigenvalue weighted by Gasteiger charge is -2.21. The van der Waals surface area contributed by atoms with Crippen LogP contribution in [0.5, 0.6) is 0 Å². The molecule has 0 spiro atoms. The second kappa shape index (κ2) is 7.90. The highest BCUT2D eigenvalue weighted by Crippen LogP contribution is 2.10. The van der Waals surface area contributed by atoms with E-state index in [1.54, 1.807) is 0 Å². The fourth-order valence-electron chi connectivity index (χ4n) is 2.61. The topological polar surface area (TPSA) is 39.3 Å². The second-order valence-electron chi connectivity index (χ2n) is 6.53. The molecule has 2 atom stereocenters. The summed E-state index contributed by atoms with van der Waals surface area (Å²) >= 11 is 0. The molecule has 1 heterocycles. The molecule has 0 saturated carbocycles. The first kappa shape index (κ1) is 16.4. The maximum absolute atomic E-state index is 3.58. The Hall–Kier alpha value is -0.940. The van der Waals surface area contributed by atoms with Gasteiger partial charge in [0.2, 0.25) is 0 Å². The summed E-state index contributed by atoms with van der Waals surface area (Å²) in [6.45, 7) is 10.8. The molecule has 4 heteroatoms. The molecule has 0 bridgehead atoms. The first-order valence-electron chi connectivity index (χ1n) is 8.03. The predicted octanol–water partition coefficient (Wildman–Crippen LogP) is 1.73. The lowest BCUT2D eigenvalue weighted by Crippen LogP contribution is -2.32. The van der Waals surface area contributed by atoms with Gasteiger partial charge in [-0.1, -0.05) is 24.3 Å². The molecule has 1 fully saturated rings. The number of hydrazine groups is 1. The van der Waals surface area contributed by atoms with Crippen molar-refractivity contribution in [1.82, 2.24) is 21.1 Å². The Labute approximate surface area is 129 Å². The quantitative estimate of drug-likeness (QED) is 0.715. The highest BCUT2D eigenvalue weighted by Gasteiger charge is 2.21. The molecular weight excluding hydrogens is 260 g/mol. The highest BCUT2D eigenvalue weighted by molar-refractivity contribution is 5.23. The molecule has 2 unspecified atom stereocenters. The fourth-order valence-corrected chi connectivity index (χ4v) is 2.61. The van der Waals surface area contributed by atoms with Gasteiger partial charge in [0.25, 0.3) is 0 Å². The average Bonchev–Trinajstić information content (AvgIpc) is 2.85. The lowest BCUT2D eigenvalue weighted by molar-refractivity contribution is 0.265. The summed E-state index contributed by atoms with van der Waals surface area (Å²) in [5, 5.41) is 3.58. The Morgan fingerprint density at radius 2 is 2.10 bits per heavy atom. The normalized spacial score (nSPS) is 22.4. The molecule has 2 rings (SSSR count). The van der Waals surface area contributed by atoms with Crippen LogP contribution in [0.15, 0.2) is 24.3 Å². The molecule has 21 heavy (non-hydrogen) atoms. The van der Waals surface area contributed by atoms with E-state index in [2.05, 4.69) is 73.2 Å². The Bertz CT molecular complexity index is 433. The van der Waals surface area contributed by atoms with Gasteiger partial charge in [0.1, 0.15) is 0 Å². The van der Waals surface area contributed by atoms with Crippen LogP contribution in [0.25, 0.3) is 0 Å². The van der Waals surface area contributed by atoms with E-state index in [1.165, 1.54) is 11.1 Å². The molecule has 4 nitrogen and oxygen atoms in total. The van der Waals surface area contributed by atoms with Gasteiger partial charge in [-0.3, -0.25) is 15.8 Å². The summed E-state index contributed by atoms with van der Waals surface area (Å²) in [5.74, 6) is 0.667. The third kappa shape index (κ3) is 5.08. The van der Waals surface area contributed by atoms with Crippen LogP contribution in [0.3, 0.4) is 0 Å². The maximum atomic E-state index is 3.58. The van der Waals surface area contributed by atoms with Gasteiger partial charge >= 0.3 is 0 Å². The Kier molecular flexibility index (Phi) is 6.18. The number of rotatable bonds is 7. The first-order chi connectivity index (χ1) is 10.1. The van der Waals surface area contributed by atoms with Crippen LogP contribution >= 0.6 is 0 Å². The van der Waals surface area contributed by atoms with Crippen LogP contribution in [0.1, 0.15) is 31.9 Å². The SMILES string of the molecule is CC1NNCC1CNCc1cccc(CN(C)C(C)C)c1.